The third-order valence-electron chi connectivity index (χ3n) is 4.41. The topological polar surface area (TPSA) is 49.3 Å². The number of carboxylic acids is 1. The molecule has 2 saturated carbocycles. The molecule has 0 atom stereocenters. The second-order valence-corrected chi connectivity index (χ2v) is 5.39. The molecule has 0 radical (unpaired) electrons. The normalized spacial score (nSPS) is 21.8. The predicted molar refractivity (Wildman–Crippen MR) is 63.3 cm³/mol. The molecule has 0 aliphatic heterocycles. The minimum Gasteiger partial charge on any atom is -0.481 e. The van der Waals surface area contributed by atoms with Gasteiger partial charge in [-0.3, -0.25) is 4.79 Å². The Bertz CT molecular complexity index is 220. The molecular weight excluding hydrogens is 202 g/mol. The zero-order valence-corrected chi connectivity index (χ0v) is 9.95. The Labute approximate surface area is 97.6 Å². The number of hydrogen-bond donors (Lipinski definition) is 2. The van der Waals surface area contributed by atoms with Crippen molar-refractivity contribution < 1.29 is 9.90 Å². The van der Waals surface area contributed by atoms with Crippen LogP contribution in [0, 0.1) is 17.8 Å². The lowest BCUT2D eigenvalue weighted by atomic mass is 9.64. The molecule has 2 rings (SSSR count). The average Bonchev–Trinajstić information content (AvgIpc) is 2.05. The van der Waals surface area contributed by atoms with Crippen molar-refractivity contribution in [3.8, 4) is 0 Å². The third-order valence-corrected chi connectivity index (χ3v) is 4.41. The van der Waals surface area contributed by atoms with Gasteiger partial charge in [0.1, 0.15) is 0 Å². The van der Waals surface area contributed by atoms with E-state index in [1.807, 2.05) is 0 Å². The second-order valence-electron chi connectivity index (χ2n) is 5.39. The lowest BCUT2D eigenvalue weighted by Gasteiger charge is -2.42. The quantitative estimate of drug-likeness (QED) is 0.653. The van der Waals surface area contributed by atoms with Crippen LogP contribution in [-0.2, 0) is 4.79 Å². The molecule has 0 heterocycles. The molecule has 0 spiro atoms. The van der Waals surface area contributed by atoms with Crippen molar-refractivity contribution in [1.82, 2.24) is 5.32 Å². The fourth-order valence-electron chi connectivity index (χ4n) is 2.92. The molecule has 2 aliphatic rings. The molecule has 0 amide bonds. The van der Waals surface area contributed by atoms with Crippen LogP contribution in [0.4, 0.5) is 0 Å². The van der Waals surface area contributed by atoms with E-state index >= 15 is 0 Å². The highest BCUT2D eigenvalue weighted by Crippen LogP contribution is 2.43. The lowest BCUT2D eigenvalue weighted by molar-refractivity contribution is -0.136. The molecule has 2 fully saturated rings. The lowest BCUT2D eigenvalue weighted by Crippen LogP contribution is -2.39. The molecule has 3 nitrogen and oxygen atoms in total. The highest BCUT2D eigenvalue weighted by molar-refractivity contribution is 5.66. The van der Waals surface area contributed by atoms with Gasteiger partial charge in [0.2, 0.25) is 0 Å². The van der Waals surface area contributed by atoms with Crippen LogP contribution in [0.25, 0.3) is 0 Å². The number of hydrogen-bond acceptors (Lipinski definition) is 2. The second kappa shape index (κ2) is 5.67. The van der Waals surface area contributed by atoms with E-state index in [0.29, 0.717) is 6.54 Å². The van der Waals surface area contributed by atoms with Crippen molar-refractivity contribution in [3.05, 3.63) is 0 Å². The van der Waals surface area contributed by atoms with E-state index in [2.05, 4.69) is 5.32 Å². The van der Waals surface area contributed by atoms with Gasteiger partial charge in [0.15, 0.2) is 0 Å². The van der Waals surface area contributed by atoms with E-state index in [4.69, 9.17) is 5.11 Å². The van der Waals surface area contributed by atoms with Crippen LogP contribution in [-0.4, -0.2) is 24.2 Å². The molecule has 0 aromatic heterocycles. The van der Waals surface area contributed by atoms with Crippen LogP contribution < -0.4 is 5.32 Å². The van der Waals surface area contributed by atoms with Gasteiger partial charge in [-0.2, -0.15) is 0 Å². The van der Waals surface area contributed by atoms with Gasteiger partial charge in [-0.15, -0.1) is 0 Å². The third kappa shape index (κ3) is 2.97. The first-order chi connectivity index (χ1) is 7.77. The van der Waals surface area contributed by atoms with Crippen LogP contribution in [0.5, 0.6) is 0 Å². The van der Waals surface area contributed by atoms with E-state index in [0.717, 1.165) is 24.3 Å². The van der Waals surface area contributed by atoms with Gasteiger partial charge in [-0.1, -0.05) is 38.5 Å². The van der Waals surface area contributed by atoms with Crippen molar-refractivity contribution in [1.29, 1.82) is 0 Å². The molecule has 0 bridgehead atoms. The minimum atomic E-state index is -0.698. The molecule has 0 aromatic carbocycles. The van der Waals surface area contributed by atoms with Crippen LogP contribution in [0.15, 0.2) is 0 Å². The van der Waals surface area contributed by atoms with Crippen LogP contribution in [0.3, 0.4) is 0 Å². The van der Waals surface area contributed by atoms with Gasteiger partial charge in [0.05, 0.1) is 6.42 Å². The summed E-state index contributed by atoms with van der Waals surface area (Å²) in [5.41, 5.74) is 0. The molecule has 2 aliphatic carbocycles. The zero-order chi connectivity index (χ0) is 11.4. The molecule has 16 heavy (non-hydrogen) atoms. The van der Waals surface area contributed by atoms with E-state index < -0.39 is 5.97 Å². The first-order valence-electron chi connectivity index (χ1n) is 6.70. The highest BCUT2D eigenvalue weighted by atomic mass is 16.4. The fraction of sp³-hybridized carbons (Fsp3) is 0.923. The molecule has 92 valence electrons. The number of carbonyl (C=O) groups is 1. The van der Waals surface area contributed by atoms with Crippen molar-refractivity contribution in [2.24, 2.45) is 17.8 Å². The van der Waals surface area contributed by atoms with E-state index in [1.165, 1.54) is 38.5 Å². The van der Waals surface area contributed by atoms with E-state index in [-0.39, 0.29) is 6.42 Å². The molecule has 0 aromatic rings. The summed E-state index contributed by atoms with van der Waals surface area (Å²) >= 11 is 0. The molecule has 3 heteroatoms. The summed E-state index contributed by atoms with van der Waals surface area (Å²) in [6.45, 7) is 1.67. The Kier molecular flexibility index (Phi) is 4.22. The number of aliphatic carboxylic acids is 1. The maximum atomic E-state index is 10.4. The van der Waals surface area contributed by atoms with Crippen molar-refractivity contribution in [3.63, 3.8) is 0 Å². The summed E-state index contributed by atoms with van der Waals surface area (Å²) in [6.07, 6.45) is 8.68. The Morgan fingerprint density at radius 2 is 1.75 bits per heavy atom. The summed E-state index contributed by atoms with van der Waals surface area (Å²) < 4.78 is 0. The zero-order valence-electron chi connectivity index (χ0n) is 9.95. The van der Waals surface area contributed by atoms with Crippen LogP contribution in [0.2, 0.25) is 0 Å². The summed E-state index contributed by atoms with van der Waals surface area (Å²) in [6, 6.07) is 0. The first-order valence-corrected chi connectivity index (χ1v) is 6.70. The largest absolute Gasteiger partial charge is 0.481 e. The monoisotopic (exact) mass is 225 g/mol. The van der Waals surface area contributed by atoms with E-state index in [9.17, 15) is 4.79 Å². The average molecular weight is 225 g/mol. The summed E-state index contributed by atoms with van der Waals surface area (Å²) in [4.78, 5) is 10.4. The van der Waals surface area contributed by atoms with Gasteiger partial charge in [-0.25, -0.2) is 0 Å². The molecular formula is C13H23NO2. The summed E-state index contributed by atoms with van der Waals surface area (Å²) in [5, 5.41) is 11.9. The SMILES string of the molecule is O=C(O)CCNCC(C1CCC1)C1CCC1. The Morgan fingerprint density at radius 1 is 1.19 bits per heavy atom. The van der Waals surface area contributed by atoms with Gasteiger partial charge < -0.3 is 10.4 Å². The van der Waals surface area contributed by atoms with Crippen molar-refractivity contribution in [2.75, 3.05) is 13.1 Å². The Morgan fingerprint density at radius 3 is 2.12 bits per heavy atom. The number of rotatable bonds is 7. The predicted octanol–water partition coefficient (Wildman–Crippen LogP) is 2.27. The molecule has 0 saturated heterocycles. The van der Waals surface area contributed by atoms with Gasteiger partial charge in [0.25, 0.3) is 0 Å². The van der Waals surface area contributed by atoms with E-state index in [1.54, 1.807) is 0 Å². The highest BCUT2D eigenvalue weighted by Gasteiger charge is 2.35. The minimum absolute atomic E-state index is 0.252. The maximum absolute atomic E-state index is 10.4. The van der Waals surface area contributed by atoms with Crippen molar-refractivity contribution in [2.45, 2.75) is 44.9 Å². The van der Waals surface area contributed by atoms with Crippen molar-refractivity contribution >= 4 is 5.97 Å². The summed E-state index contributed by atoms with van der Waals surface area (Å²) in [5.74, 6) is 2.00. The summed E-state index contributed by atoms with van der Waals surface area (Å²) in [7, 11) is 0. The number of carboxylic acid groups (broad SMARTS) is 1. The van der Waals surface area contributed by atoms with Crippen LogP contribution >= 0.6 is 0 Å². The smallest absolute Gasteiger partial charge is 0.304 e. The standard InChI is InChI=1S/C13H23NO2/c15-13(16)7-8-14-9-12(10-3-1-4-10)11-5-2-6-11/h10-12,14H,1-9H2,(H,15,16). The number of nitrogens with one attached hydrogen (secondary N) is 1. The Hall–Kier alpha value is -0.570. The molecule has 0 unspecified atom stereocenters. The maximum Gasteiger partial charge on any atom is 0.304 e. The fourth-order valence-corrected chi connectivity index (χ4v) is 2.92. The molecule has 2 N–H and O–H groups in total. The van der Waals surface area contributed by atoms with Gasteiger partial charge in [0, 0.05) is 6.54 Å². The van der Waals surface area contributed by atoms with Crippen LogP contribution in [0.1, 0.15) is 44.9 Å². The Balaban J connectivity index is 1.67. The van der Waals surface area contributed by atoms with Gasteiger partial charge >= 0.3 is 5.97 Å². The first kappa shape index (κ1) is 11.9. The van der Waals surface area contributed by atoms with Gasteiger partial charge in [-0.05, 0) is 24.3 Å².